The Hall–Kier alpha value is -9.07. The molecule has 0 aromatic heterocycles. The van der Waals surface area contributed by atoms with Crippen molar-refractivity contribution in [2.45, 2.75) is 58.0 Å². The Morgan fingerprint density at radius 2 is 0.924 bits per heavy atom. The molecule has 9 nitrogen and oxygen atoms in total. The van der Waals surface area contributed by atoms with Gasteiger partial charge in [-0.15, -0.1) is 6.42 Å². The smallest absolute Gasteiger partial charge is 0.321 e. The fourth-order valence-electron chi connectivity index (χ4n) is 5.15. The monoisotopic (exact) mass is 893 g/mol. The molecule has 0 N–H and O–H groups in total. The molecule has 1 aliphatic rings. The summed E-state index contributed by atoms with van der Waals surface area (Å²) in [7, 11) is -11.0. The Morgan fingerprint density at radius 1 is 0.545 bits per heavy atom. The van der Waals surface area contributed by atoms with E-state index in [1.165, 1.54) is 0 Å². The number of terminal acetylenes is 1. The van der Waals surface area contributed by atoms with Crippen LogP contribution in [0, 0.1) is 261 Å². The van der Waals surface area contributed by atoms with Gasteiger partial charge in [0.15, 0.2) is 0 Å². The molecule has 6 unspecified atom stereocenters. The zero-order chi connectivity index (χ0) is 48.4. The van der Waals surface area contributed by atoms with Crippen LogP contribution in [0.2, 0.25) is 0 Å². The summed E-state index contributed by atoms with van der Waals surface area (Å²) in [4.78, 5) is 39.1. The molecular weight excluding hydrogens is 867 g/mol. The maximum absolute atomic E-state index is 14.3. The van der Waals surface area contributed by atoms with Gasteiger partial charge >= 0.3 is 5.97 Å². The Balaban J connectivity index is 3.95. The molecule has 0 heterocycles. The number of carbonyl (C=O) groups is 1. The maximum atomic E-state index is 14.3. The molecule has 314 valence electrons. The van der Waals surface area contributed by atoms with Gasteiger partial charge in [-0.3, -0.25) is 14.4 Å². The van der Waals surface area contributed by atoms with Crippen molar-refractivity contribution in [2.24, 2.45) is 23.7 Å². The van der Waals surface area contributed by atoms with Gasteiger partial charge in [0, 0.05) is 24.8 Å². The van der Waals surface area contributed by atoms with Crippen LogP contribution in [0.4, 0.5) is 0 Å². The molecule has 1 rings (SSSR count). The summed E-state index contributed by atoms with van der Waals surface area (Å²) in [6.07, 6.45) is 5.62. The Morgan fingerprint density at radius 3 is 1.32 bits per heavy atom. The molecule has 0 saturated heterocycles. The summed E-state index contributed by atoms with van der Waals surface area (Å²) < 4.78 is 36.5. The van der Waals surface area contributed by atoms with Crippen molar-refractivity contribution in [3.05, 3.63) is 0 Å². The zero-order valence-electron chi connectivity index (χ0n) is 35.3. The molecule has 0 radical (unpaired) electrons. The third-order valence-corrected chi connectivity index (χ3v) is 13.3. The highest BCUT2D eigenvalue weighted by Crippen LogP contribution is 2.78. The first-order chi connectivity index (χ1) is 32.1. The normalized spacial score (nSPS) is 15.2. The van der Waals surface area contributed by atoms with Crippen LogP contribution in [0.1, 0.15) is 52.4 Å². The van der Waals surface area contributed by atoms with E-state index < -0.39 is 56.1 Å². The molecule has 66 heavy (non-hydrogen) atoms. The fourth-order valence-corrected chi connectivity index (χ4v) is 9.33. The lowest BCUT2D eigenvalue weighted by molar-refractivity contribution is -0.779. The Kier molecular flexibility index (Phi) is 29.6. The predicted octanol–water partition coefficient (Wildman–Crippen LogP) is 1.41. The van der Waals surface area contributed by atoms with E-state index in [9.17, 15) is 29.0 Å². The second-order valence-corrected chi connectivity index (χ2v) is 17.8. The van der Waals surface area contributed by atoms with Crippen molar-refractivity contribution < 1.29 is 43.4 Å². The van der Waals surface area contributed by atoms with E-state index in [0.717, 1.165) is 7.11 Å². The standard InChI is InChI=1S/C55H30O9P2/c1-5-8-11-14-17-20-23-25-28-29-32-35-38-42-50-44-41-45-51(43-39-36-33-30-27-24-21-18-15-12-9-6-2)49-54(65(58,64-63-57)66(59,60)61)52(48-47-50)53(55(56)62-4)46-40-37-34-31-26-22-19-16-13-10-7-3/h2,50-54,57H,41,44-45,47-49H2,1,3-4H3,(H2,59,60,61)/p-3. The third kappa shape index (κ3) is 24.4. The van der Waals surface area contributed by atoms with Gasteiger partial charge in [-0.2, -0.15) is 4.67 Å². The lowest BCUT2D eigenvalue weighted by atomic mass is 9.78. The molecule has 6 atom stereocenters. The maximum Gasteiger partial charge on any atom is 0.321 e. The van der Waals surface area contributed by atoms with Crippen molar-refractivity contribution in [2.75, 3.05) is 7.11 Å². The van der Waals surface area contributed by atoms with E-state index in [2.05, 4.69) is 241 Å². The number of rotatable bonds is 6. The largest absolute Gasteiger partial charge is 0.804 e. The molecular formula is C55H27O9P2-3. The van der Waals surface area contributed by atoms with Crippen LogP contribution >= 0.6 is 14.3 Å². The fraction of sp³-hybridized carbons (Fsp3) is 0.255. The minimum Gasteiger partial charge on any atom is -0.804 e. The molecule has 0 amide bonds. The van der Waals surface area contributed by atoms with E-state index in [1.807, 2.05) is 0 Å². The lowest BCUT2D eigenvalue weighted by Gasteiger charge is -2.45. The van der Waals surface area contributed by atoms with E-state index >= 15 is 0 Å². The topological polar surface area (TPSA) is 148 Å². The van der Waals surface area contributed by atoms with Gasteiger partial charge in [-0.1, -0.05) is 36.0 Å². The third-order valence-electron chi connectivity index (χ3n) is 7.73. The van der Waals surface area contributed by atoms with Crippen molar-refractivity contribution in [3.8, 4) is 237 Å². The molecule has 1 saturated carbocycles. The Bertz CT molecular complexity index is 3300. The first-order valence-electron chi connectivity index (χ1n) is 18.6. The molecule has 11 heteroatoms. The van der Waals surface area contributed by atoms with Crippen LogP contribution in [0.15, 0.2) is 0 Å². The number of esters is 1. The van der Waals surface area contributed by atoms with Crippen LogP contribution in [-0.4, -0.2) is 18.7 Å². The molecule has 0 aliphatic heterocycles. The summed E-state index contributed by atoms with van der Waals surface area (Å²) in [5.41, 5.74) is -1.90. The van der Waals surface area contributed by atoms with Crippen LogP contribution in [-0.2, 0) is 28.4 Å². The average Bonchev–Trinajstić information content (AvgIpc) is 3.30. The van der Waals surface area contributed by atoms with Crippen molar-refractivity contribution in [3.63, 3.8) is 0 Å². The van der Waals surface area contributed by atoms with Crippen molar-refractivity contribution in [1.82, 2.24) is 0 Å². The average molecular weight is 894 g/mol. The van der Waals surface area contributed by atoms with E-state index in [0.29, 0.717) is 12.8 Å². The van der Waals surface area contributed by atoms with Gasteiger partial charge in [0.1, 0.15) is 5.92 Å². The Labute approximate surface area is 388 Å². The summed E-state index contributed by atoms with van der Waals surface area (Å²) >= 11 is 0. The molecule has 1 aliphatic carbocycles. The van der Waals surface area contributed by atoms with Crippen LogP contribution in [0.25, 0.3) is 0 Å². The zero-order valence-corrected chi connectivity index (χ0v) is 37.1. The number of hydrogen-bond donors (Lipinski definition) is 0. The minimum atomic E-state index is -6.34. The highest BCUT2D eigenvalue weighted by Gasteiger charge is 2.48. The molecule has 1 fully saturated rings. The summed E-state index contributed by atoms with van der Waals surface area (Å²) in [6.45, 7) is 3.27. The predicted molar refractivity (Wildman–Crippen MR) is 243 cm³/mol. The van der Waals surface area contributed by atoms with Crippen molar-refractivity contribution >= 4 is 20.3 Å². The molecule has 0 aromatic carbocycles. The van der Waals surface area contributed by atoms with Gasteiger partial charge in [-0.25, -0.2) is 0 Å². The summed E-state index contributed by atoms with van der Waals surface area (Å²) in [5, 5.41) is 14.8. The second kappa shape index (κ2) is 35.5. The van der Waals surface area contributed by atoms with E-state index in [-0.39, 0.29) is 19.3 Å². The number of hydrogen-bond acceptors (Lipinski definition) is 9. The summed E-state index contributed by atoms with van der Waals surface area (Å²) in [6, 6.07) is 0. The van der Waals surface area contributed by atoms with Gasteiger partial charge in [0.05, 0.1) is 7.11 Å². The van der Waals surface area contributed by atoms with Crippen LogP contribution in [0.3, 0.4) is 0 Å². The van der Waals surface area contributed by atoms with E-state index in [4.69, 9.17) is 11.2 Å². The minimum absolute atomic E-state index is 0.129. The first-order valence-corrected chi connectivity index (χ1v) is 22.5. The quantitative estimate of drug-likeness (QED) is 0.127. The molecule has 0 aromatic rings. The van der Waals surface area contributed by atoms with Gasteiger partial charge in [0.2, 0.25) is 0 Å². The van der Waals surface area contributed by atoms with E-state index in [1.54, 1.807) is 13.8 Å². The number of methoxy groups -OCH3 is 1. The lowest BCUT2D eigenvalue weighted by Crippen LogP contribution is -2.37. The van der Waals surface area contributed by atoms with Gasteiger partial charge in [-0.05, 0) is 253 Å². The second-order valence-electron chi connectivity index (χ2n) is 11.7. The molecule has 0 spiro atoms. The molecule has 0 bridgehead atoms. The number of ether oxygens (including phenoxy) is 1. The van der Waals surface area contributed by atoms with Gasteiger partial charge < -0.3 is 24.3 Å². The van der Waals surface area contributed by atoms with Crippen molar-refractivity contribution in [1.29, 1.82) is 0 Å². The first kappa shape index (κ1) is 54.9. The highest BCUT2D eigenvalue weighted by atomic mass is 32.1. The number of carbonyl (C=O) groups excluding carboxylic acids is 1. The SMILES string of the molecule is C#CC#CC#CC#CC#CC#CC#CC1CCCC(C#CC#CC#CC#CC#CC#CC#CC)CCC(C(C#CC#CC#CC#CC#CC#CC)C(=O)OC)C(P(=O)(OO[O-])P(=O)([O-])[O-])C1. The van der Waals surface area contributed by atoms with Crippen LogP contribution < -0.4 is 15.0 Å². The summed E-state index contributed by atoms with van der Waals surface area (Å²) in [5.74, 6) is 92.5. The highest BCUT2D eigenvalue weighted by molar-refractivity contribution is 8.28. The van der Waals surface area contributed by atoms with Gasteiger partial charge in [0.25, 0.3) is 7.06 Å². The van der Waals surface area contributed by atoms with Crippen LogP contribution in [0.5, 0.6) is 0 Å².